The van der Waals surface area contributed by atoms with Crippen LogP contribution in [0.1, 0.15) is 30.1 Å². The summed E-state index contributed by atoms with van der Waals surface area (Å²) in [6.45, 7) is 2.69. The zero-order valence-electron chi connectivity index (χ0n) is 16.4. The normalized spacial score (nSPS) is 10.8. The third kappa shape index (κ3) is 4.84. The van der Waals surface area contributed by atoms with Gasteiger partial charge in [0.2, 0.25) is 34.8 Å². The Balaban J connectivity index is 1.74. The van der Waals surface area contributed by atoms with Gasteiger partial charge in [0.15, 0.2) is 0 Å². The average Bonchev–Trinajstić information content (AvgIpc) is 2.80. The fourth-order valence-electron chi connectivity index (χ4n) is 2.70. The van der Waals surface area contributed by atoms with Crippen LogP contribution in [0.3, 0.4) is 0 Å². The zero-order valence-corrected chi connectivity index (χ0v) is 16.4. The molecule has 0 aliphatic carbocycles. The second-order valence-electron chi connectivity index (χ2n) is 6.59. The van der Waals surface area contributed by atoms with E-state index in [0.29, 0.717) is 6.61 Å². The smallest absolute Gasteiger partial charge is 0.343 e. The van der Waals surface area contributed by atoms with Gasteiger partial charge < -0.3 is 9.47 Å². The van der Waals surface area contributed by atoms with Crippen LogP contribution in [0.15, 0.2) is 48.5 Å². The first kappa shape index (κ1) is 22.3. The topological polar surface area (TPSA) is 35.5 Å². The largest absolute Gasteiger partial charge is 0.494 e. The van der Waals surface area contributed by atoms with E-state index in [4.69, 9.17) is 4.74 Å². The Labute approximate surface area is 175 Å². The lowest BCUT2D eigenvalue weighted by molar-refractivity contribution is 0.0716. The molecule has 162 valence electrons. The Morgan fingerprint density at radius 2 is 1.23 bits per heavy atom. The number of hydrogen-bond acceptors (Lipinski definition) is 3. The number of esters is 1. The van der Waals surface area contributed by atoms with Gasteiger partial charge in [-0.05, 0) is 41.8 Å². The molecule has 0 saturated heterocycles. The first-order chi connectivity index (χ1) is 14.8. The summed E-state index contributed by atoms with van der Waals surface area (Å²) in [7, 11) is 0. The molecule has 0 fully saturated rings. The van der Waals surface area contributed by atoms with Gasteiger partial charge in [0.25, 0.3) is 0 Å². The summed E-state index contributed by atoms with van der Waals surface area (Å²) < 4.78 is 77.0. The van der Waals surface area contributed by atoms with Crippen molar-refractivity contribution >= 4 is 5.97 Å². The highest BCUT2D eigenvalue weighted by Gasteiger charge is 2.28. The molecule has 0 aliphatic rings. The number of carbonyl (C=O) groups excluding carboxylic acids is 1. The van der Waals surface area contributed by atoms with E-state index in [0.717, 1.165) is 29.7 Å². The Kier molecular flexibility index (Phi) is 6.89. The van der Waals surface area contributed by atoms with E-state index in [-0.39, 0.29) is 5.56 Å². The highest BCUT2D eigenvalue weighted by Crippen LogP contribution is 2.30. The molecule has 31 heavy (non-hydrogen) atoms. The molecule has 0 aromatic heterocycles. The van der Waals surface area contributed by atoms with Gasteiger partial charge >= 0.3 is 5.97 Å². The van der Waals surface area contributed by atoms with Crippen molar-refractivity contribution in [3.63, 3.8) is 0 Å². The van der Waals surface area contributed by atoms with E-state index in [2.05, 4.69) is 11.7 Å². The van der Waals surface area contributed by atoms with E-state index >= 15 is 0 Å². The summed E-state index contributed by atoms with van der Waals surface area (Å²) in [6.07, 6.45) is 1.97. The SMILES string of the molecule is CCCCOc1ccc(-c2ccc(C(=O)Oc3c(F)c(F)c(F)c(F)c3F)cc2)cc1. The molecule has 0 spiro atoms. The molecule has 0 aliphatic heterocycles. The van der Waals surface area contributed by atoms with Gasteiger partial charge in [-0.15, -0.1) is 0 Å². The van der Waals surface area contributed by atoms with Crippen LogP contribution in [-0.4, -0.2) is 12.6 Å². The van der Waals surface area contributed by atoms with Crippen LogP contribution in [-0.2, 0) is 0 Å². The van der Waals surface area contributed by atoms with Crippen LogP contribution in [0.25, 0.3) is 11.1 Å². The first-order valence-corrected chi connectivity index (χ1v) is 9.40. The van der Waals surface area contributed by atoms with Crippen LogP contribution >= 0.6 is 0 Å². The van der Waals surface area contributed by atoms with Crippen molar-refractivity contribution < 1.29 is 36.2 Å². The monoisotopic (exact) mass is 436 g/mol. The molecule has 0 radical (unpaired) electrons. The summed E-state index contributed by atoms with van der Waals surface area (Å²) >= 11 is 0. The van der Waals surface area contributed by atoms with E-state index in [1.807, 2.05) is 12.1 Å². The van der Waals surface area contributed by atoms with Crippen molar-refractivity contribution in [2.75, 3.05) is 6.61 Å². The number of rotatable bonds is 7. The molecule has 3 nitrogen and oxygen atoms in total. The molecule has 0 amide bonds. The van der Waals surface area contributed by atoms with Crippen molar-refractivity contribution in [2.45, 2.75) is 19.8 Å². The second kappa shape index (κ2) is 9.59. The summed E-state index contributed by atoms with van der Waals surface area (Å²) in [5, 5.41) is 0. The molecular weight excluding hydrogens is 419 g/mol. The van der Waals surface area contributed by atoms with Gasteiger partial charge in [-0.1, -0.05) is 37.6 Å². The summed E-state index contributed by atoms with van der Waals surface area (Å²) in [5.74, 6) is -13.4. The van der Waals surface area contributed by atoms with E-state index < -0.39 is 40.8 Å². The van der Waals surface area contributed by atoms with Gasteiger partial charge in [-0.2, -0.15) is 8.78 Å². The van der Waals surface area contributed by atoms with E-state index in [1.165, 1.54) is 12.1 Å². The van der Waals surface area contributed by atoms with Crippen LogP contribution < -0.4 is 9.47 Å². The quantitative estimate of drug-likeness (QED) is 0.107. The highest BCUT2D eigenvalue weighted by molar-refractivity contribution is 5.91. The van der Waals surface area contributed by atoms with Crippen molar-refractivity contribution in [1.82, 2.24) is 0 Å². The molecule has 3 rings (SSSR count). The predicted octanol–water partition coefficient (Wildman–Crippen LogP) is 6.45. The third-order valence-corrected chi connectivity index (χ3v) is 4.44. The predicted molar refractivity (Wildman–Crippen MR) is 103 cm³/mol. The van der Waals surface area contributed by atoms with Crippen molar-refractivity contribution in [2.24, 2.45) is 0 Å². The number of halogens is 5. The zero-order chi connectivity index (χ0) is 22.5. The molecule has 0 saturated carbocycles. The van der Waals surface area contributed by atoms with Gasteiger partial charge in [-0.3, -0.25) is 0 Å². The lowest BCUT2D eigenvalue weighted by atomic mass is 10.0. The highest BCUT2D eigenvalue weighted by atomic mass is 19.2. The number of ether oxygens (including phenoxy) is 2. The Hall–Kier alpha value is -3.42. The molecule has 0 atom stereocenters. The minimum Gasteiger partial charge on any atom is -0.494 e. The van der Waals surface area contributed by atoms with Gasteiger partial charge in [-0.25, -0.2) is 18.0 Å². The first-order valence-electron chi connectivity index (χ1n) is 9.40. The van der Waals surface area contributed by atoms with E-state index in [9.17, 15) is 26.7 Å². The maximum absolute atomic E-state index is 13.7. The Morgan fingerprint density at radius 1 is 0.742 bits per heavy atom. The van der Waals surface area contributed by atoms with Crippen molar-refractivity contribution in [3.8, 4) is 22.6 Å². The fourth-order valence-corrected chi connectivity index (χ4v) is 2.70. The maximum atomic E-state index is 13.7. The van der Waals surface area contributed by atoms with Crippen LogP contribution in [0.4, 0.5) is 22.0 Å². The molecular formula is C23H17F5O3. The second-order valence-corrected chi connectivity index (χ2v) is 6.59. The molecule has 3 aromatic carbocycles. The van der Waals surface area contributed by atoms with Crippen LogP contribution in [0, 0.1) is 29.1 Å². The standard InChI is InChI=1S/C23H17F5O3/c1-2-3-12-30-16-10-8-14(9-11-16)13-4-6-15(7-5-13)23(29)31-22-20(27)18(25)17(24)19(26)21(22)28/h4-11H,2-3,12H2,1H3. The number of unbranched alkanes of at least 4 members (excludes halogenated alkanes) is 1. The average molecular weight is 436 g/mol. The lowest BCUT2D eigenvalue weighted by Gasteiger charge is -2.10. The van der Waals surface area contributed by atoms with Crippen LogP contribution in [0.5, 0.6) is 11.5 Å². The third-order valence-electron chi connectivity index (χ3n) is 4.44. The molecule has 3 aromatic rings. The Morgan fingerprint density at radius 3 is 1.74 bits per heavy atom. The molecule has 8 heteroatoms. The van der Waals surface area contributed by atoms with E-state index in [1.54, 1.807) is 24.3 Å². The molecule has 0 unspecified atom stereocenters. The molecule has 0 N–H and O–H groups in total. The van der Waals surface area contributed by atoms with Gasteiger partial charge in [0.05, 0.1) is 12.2 Å². The summed E-state index contributed by atoms with van der Waals surface area (Å²) in [4.78, 5) is 12.1. The molecule has 0 bridgehead atoms. The summed E-state index contributed by atoms with van der Waals surface area (Å²) in [6, 6.07) is 13.0. The van der Waals surface area contributed by atoms with Crippen molar-refractivity contribution in [3.05, 3.63) is 83.2 Å². The van der Waals surface area contributed by atoms with Gasteiger partial charge in [0, 0.05) is 0 Å². The molecule has 0 heterocycles. The van der Waals surface area contributed by atoms with Crippen molar-refractivity contribution in [1.29, 1.82) is 0 Å². The summed E-state index contributed by atoms with van der Waals surface area (Å²) in [5.41, 5.74) is 1.42. The Bertz CT molecular complexity index is 1050. The van der Waals surface area contributed by atoms with Crippen LogP contribution in [0.2, 0.25) is 0 Å². The fraction of sp³-hybridized carbons (Fsp3) is 0.174. The van der Waals surface area contributed by atoms with Gasteiger partial charge in [0.1, 0.15) is 5.75 Å². The number of benzene rings is 3. The number of carbonyl (C=O) groups is 1. The number of hydrogen-bond donors (Lipinski definition) is 0. The lowest BCUT2D eigenvalue weighted by Crippen LogP contribution is -2.13. The minimum absolute atomic E-state index is 0.132. The maximum Gasteiger partial charge on any atom is 0.343 e. The minimum atomic E-state index is -2.33.